The standard InChI is InChI=1S/C12H22O2/c1-9(2,3)11(7-13-11)12(8-14-12)10(4,5)6/h7-8H2,1-6H3. The fourth-order valence-corrected chi connectivity index (χ4v) is 2.69. The van der Waals surface area contributed by atoms with Crippen molar-refractivity contribution in [2.24, 2.45) is 10.8 Å². The van der Waals surface area contributed by atoms with Gasteiger partial charge in [0, 0.05) is 0 Å². The Labute approximate surface area is 87.0 Å². The van der Waals surface area contributed by atoms with E-state index in [9.17, 15) is 0 Å². The molecule has 0 aromatic rings. The molecule has 0 saturated carbocycles. The van der Waals surface area contributed by atoms with Gasteiger partial charge >= 0.3 is 0 Å². The smallest absolute Gasteiger partial charge is 0.128 e. The van der Waals surface area contributed by atoms with E-state index >= 15 is 0 Å². The molecule has 2 aliphatic rings. The minimum Gasteiger partial charge on any atom is -0.366 e. The summed E-state index contributed by atoms with van der Waals surface area (Å²) in [5, 5.41) is 0. The van der Waals surface area contributed by atoms with Crippen LogP contribution in [0.15, 0.2) is 0 Å². The predicted molar refractivity (Wildman–Crippen MR) is 56.3 cm³/mol. The van der Waals surface area contributed by atoms with E-state index in [1.165, 1.54) is 0 Å². The largest absolute Gasteiger partial charge is 0.366 e. The second-order valence-electron chi connectivity index (χ2n) is 6.73. The zero-order valence-corrected chi connectivity index (χ0v) is 10.2. The molecule has 2 heteroatoms. The molecule has 0 aromatic carbocycles. The number of hydrogen-bond donors (Lipinski definition) is 0. The molecule has 2 saturated heterocycles. The summed E-state index contributed by atoms with van der Waals surface area (Å²) in [6.45, 7) is 15.2. The quantitative estimate of drug-likeness (QED) is 0.605. The van der Waals surface area contributed by atoms with Gasteiger partial charge in [-0.15, -0.1) is 0 Å². The molecule has 82 valence electrons. The van der Waals surface area contributed by atoms with Crippen LogP contribution in [0, 0.1) is 10.8 Å². The van der Waals surface area contributed by atoms with Crippen LogP contribution in [0.1, 0.15) is 41.5 Å². The molecule has 2 nitrogen and oxygen atoms in total. The van der Waals surface area contributed by atoms with Crippen LogP contribution in [0.25, 0.3) is 0 Å². The van der Waals surface area contributed by atoms with E-state index in [2.05, 4.69) is 41.5 Å². The van der Waals surface area contributed by atoms with Crippen LogP contribution in [0.5, 0.6) is 0 Å². The minimum atomic E-state index is -0.0434. The fraction of sp³-hybridized carbons (Fsp3) is 1.00. The number of ether oxygens (including phenoxy) is 2. The summed E-state index contributed by atoms with van der Waals surface area (Å²) in [6, 6.07) is 0. The first-order valence-electron chi connectivity index (χ1n) is 5.44. The molecule has 2 atom stereocenters. The summed E-state index contributed by atoms with van der Waals surface area (Å²) in [5.74, 6) is 0. The fourth-order valence-electron chi connectivity index (χ4n) is 2.69. The average molecular weight is 198 g/mol. The third-order valence-corrected chi connectivity index (χ3v) is 3.94. The van der Waals surface area contributed by atoms with Crippen LogP contribution < -0.4 is 0 Å². The Morgan fingerprint density at radius 1 is 0.714 bits per heavy atom. The van der Waals surface area contributed by atoms with Crippen molar-refractivity contribution in [3.63, 3.8) is 0 Å². The van der Waals surface area contributed by atoms with Crippen molar-refractivity contribution >= 4 is 0 Å². The monoisotopic (exact) mass is 198 g/mol. The Kier molecular flexibility index (Phi) is 1.76. The van der Waals surface area contributed by atoms with E-state index in [4.69, 9.17) is 9.47 Å². The van der Waals surface area contributed by atoms with Gasteiger partial charge in [-0.1, -0.05) is 41.5 Å². The van der Waals surface area contributed by atoms with Gasteiger partial charge in [0.2, 0.25) is 0 Å². The van der Waals surface area contributed by atoms with E-state index in [0.717, 1.165) is 13.2 Å². The van der Waals surface area contributed by atoms with Gasteiger partial charge in [0.05, 0.1) is 13.2 Å². The summed E-state index contributed by atoms with van der Waals surface area (Å²) >= 11 is 0. The lowest BCUT2D eigenvalue weighted by Gasteiger charge is -2.39. The van der Waals surface area contributed by atoms with E-state index in [0.29, 0.717) is 0 Å². The maximum atomic E-state index is 5.79. The predicted octanol–water partition coefficient (Wildman–Crippen LogP) is 2.62. The van der Waals surface area contributed by atoms with Crippen LogP contribution in [-0.2, 0) is 9.47 Å². The molecular formula is C12H22O2. The van der Waals surface area contributed by atoms with Crippen molar-refractivity contribution < 1.29 is 9.47 Å². The molecule has 2 rings (SSSR count). The molecule has 0 spiro atoms. The third-order valence-electron chi connectivity index (χ3n) is 3.94. The molecule has 2 unspecified atom stereocenters. The molecule has 0 amide bonds. The van der Waals surface area contributed by atoms with E-state index in [1.54, 1.807) is 0 Å². The van der Waals surface area contributed by atoms with Crippen molar-refractivity contribution in [3.8, 4) is 0 Å². The Bertz CT molecular complexity index is 218. The first-order valence-corrected chi connectivity index (χ1v) is 5.44. The number of epoxide rings is 2. The third kappa shape index (κ3) is 1.04. The lowest BCUT2D eigenvalue weighted by atomic mass is 9.64. The van der Waals surface area contributed by atoms with Crippen molar-refractivity contribution in [1.82, 2.24) is 0 Å². The van der Waals surface area contributed by atoms with Gasteiger partial charge in [-0.25, -0.2) is 0 Å². The van der Waals surface area contributed by atoms with Crippen LogP contribution >= 0.6 is 0 Å². The second-order valence-corrected chi connectivity index (χ2v) is 6.73. The zero-order chi connectivity index (χ0) is 10.8. The summed E-state index contributed by atoms with van der Waals surface area (Å²) in [7, 11) is 0. The molecular weight excluding hydrogens is 176 g/mol. The molecule has 2 heterocycles. The van der Waals surface area contributed by atoms with Crippen LogP contribution in [-0.4, -0.2) is 24.4 Å². The SMILES string of the molecule is CC(C)(C)C1(C2(C(C)(C)C)CO2)CO1. The Balaban J connectivity index is 2.33. The van der Waals surface area contributed by atoms with Gasteiger partial charge in [0.15, 0.2) is 0 Å². The molecule has 2 fully saturated rings. The highest BCUT2D eigenvalue weighted by molar-refractivity contribution is 5.25. The summed E-state index contributed by atoms with van der Waals surface area (Å²) in [5.41, 5.74) is 0.240. The van der Waals surface area contributed by atoms with Crippen molar-refractivity contribution in [2.75, 3.05) is 13.2 Å². The molecule has 0 bridgehead atoms. The Hall–Kier alpha value is -0.0800. The minimum absolute atomic E-state index is 0.0434. The second kappa shape index (κ2) is 2.35. The highest BCUT2D eigenvalue weighted by Crippen LogP contribution is 2.64. The van der Waals surface area contributed by atoms with Crippen molar-refractivity contribution in [1.29, 1.82) is 0 Å². The Morgan fingerprint density at radius 3 is 1.00 bits per heavy atom. The molecule has 0 N–H and O–H groups in total. The molecule has 14 heavy (non-hydrogen) atoms. The number of rotatable bonds is 1. The Morgan fingerprint density at radius 2 is 0.929 bits per heavy atom. The lowest BCUT2D eigenvalue weighted by molar-refractivity contribution is -0.000321. The van der Waals surface area contributed by atoms with Gasteiger partial charge in [-0.05, 0) is 10.8 Å². The zero-order valence-electron chi connectivity index (χ0n) is 10.2. The molecule has 2 aliphatic heterocycles. The maximum Gasteiger partial charge on any atom is 0.128 e. The average Bonchev–Trinajstić information content (AvgIpc) is 2.77. The van der Waals surface area contributed by atoms with Gasteiger partial charge in [0.1, 0.15) is 11.2 Å². The van der Waals surface area contributed by atoms with Gasteiger partial charge in [0.25, 0.3) is 0 Å². The first kappa shape index (κ1) is 10.4. The van der Waals surface area contributed by atoms with Crippen molar-refractivity contribution in [3.05, 3.63) is 0 Å². The van der Waals surface area contributed by atoms with Gasteiger partial charge in [-0.3, -0.25) is 0 Å². The van der Waals surface area contributed by atoms with E-state index in [-0.39, 0.29) is 22.0 Å². The van der Waals surface area contributed by atoms with E-state index < -0.39 is 0 Å². The lowest BCUT2D eigenvalue weighted by Crippen LogP contribution is -2.52. The normalized spacial score (nSPS) is 42.4. The van der Waals surface area contributed by atoms with Gasteiger partial charge in [-0.2, -0.15) is 0 Å². The van der Waals surface area contributed by atoms with Crippen LogP contribution in [0.2, 0.25) is 0 Å². The van der Waals surface area contributed by atoms with Crippen LogP contribution in [0.3, 0.4) is 0 Å². The molecule has 0 aromatic heterocycles. The summed E-state index contributed by atoms with van der Waals surface area (Å²) < 4.78 is 11.6. The maximum absolute atomic E-state index is 5.79. The highest BCUT2D eigenvalue weighted by atomic mass is 16.7. The molecule has 0 radical (unpaired) electrons. The van der Waals surface area contributed by atoms with Crippen LogP contribution in [0.4, 0.5) is 0 Å². The van der Waals surface area contributed by atoms with Crippen molar-refractivity contribution in [2.45, 2.75) is 52.7 Å². The van der Waals surface area contributed by atoms with Gasteiger partial charge < -0.3 is 9.47 Å². The van der Waals surface area contributed by atoms with E-state index in [1.807, 2.05) is 0 Å². The topological polar surface area (TPSA) is 25.1 Å². The summed E-state index contributed by atoms with van der Waals surface area (Å²) in [6.07, 6.45) is 0. The summed E-state index contributed by atoms with van der Waals surface area (Å²) in [4.78, 5) is 0. The first-order chi connectivity index (χ1) is 6.16. The highest BCUT2D eigenvalue weighted by Gasteiger charge is 2.77. The number of hydrogen-bond acceptors (Lipinski definition) is 2. The molecule has 0 aliphatic carbocycles.